The van der Waals surface area contributed by atoms with Crippen molar-refractivity contribution in [3.05, 3.63) is 0 Å². The quantitative estimate of drug-likeness (QED) is 0.604. The molecule has 0 bridgehead atoms. The van der Waals surface area contributed by atoms with Crippen molar-refractivity contribution in [2.45, 2.75) is 76.8 Å². The summed E-state index contributed by atoms with van der Waals surface area (Å²) in [6.07, 6.45) is 5.69. The summed E-state index contributed by atoms with van der Waals surface area (Å²) in [4.78, 5) is 38.6. The molecule has 7 heteroatoms. The van der Waals surface area contributed by atoms with Gasteiger partial charge in [-0.15, -0.1) is 0 Å². The zero-order chi connectivity index (χ0) is 18.7. The first-order valence-corrected chi connectivity index (χ1v) is 9.50. The van der Waals surface area contributed by atoms with Gasteiger partial charge in [-0.3, -0.25) is 14.5 Å². The largest absolute Gasteiger partial charge is 0.348 e. The number of imide groups is 1. The van der Waals surface area contributed by atoms with Crippen molar-refractivity contribution in [1.82, 2.24) is 15.5 Å². The molecule has 2 aliphatic rings. The lowest BCUT2D eigenvalue weighted by molar-refractivity contribution is -0.136. The topological polar surface area (TPSA) is 105 Å². The van der Waals surface area contributed by atoms with Gasteiger partial charge in [0.25, 0.3) is 5.91 Å². The number of rotatable bonds is 7. The van der Waals surface area contributed by atoms with Crippen LogP contribution in [0, 0.1) is 5.92 Å². The van der Waals surface area contributed by atoms with E-state index < -0.39 is 17.1 Å². The molecule has 0 atom stereocenters. The van der Waals surface area contributed by atoms with Gasteiger partial charge in [-0.25, -0.2) is 4.79 Å². The summed E-state index contributed by atoms with van der Waals surface area (Å²) in [5, 5.41) is 5.77. The van der Waals surface area contributed by atoms with Crippen LogP contribution in [-0.2, 0) is 9.59 Å². The van der Waals surface area contributed by atoms with E-state index in [-0.39, 0.29) is 18.4 Å². The fourth-order valence-electron chi connectivity index (χ4n) is 3.98. The van der Waals surface area contributed by atoms with Crippen molar-refractivity contribution in [2.24, 2.45) is 11.7 Å². The molecule has 2 rings (SSSR count). The van der Waals surface area contributed by atoms with Crippen molar-refractivity contribution < 1.29 is 14.4 Å². The van der Waals surface area contributed by atoms with Crippen molar-refractivity contribution >= 4 is 17.8 Å². The second kappa shape index (κ2) is 7.72. The van der Waals surface area contributed by atoms with Crippen molar-refractivity contribution in [3.8, 4) is 0 Å². The fraction of sp³-hybridized carbons (Fsp3) is 0.833. The molecule has 1 aliphatic heterocycles. The molecule has 1 heterocycles. The fourth-order valence-corrected chi connectivity index (χ4v) is 3.98. The number of amides is 4. The molecule has 0 aromatic rings. The highest BCUT2D eigenvalue weighted by Crippen LogP contribution is 2.37. The van der Waals surface area contributed by atoms with Gasteiger partial charge < -0.3 is 16.4 Å². The molecule has 4 N–H and O–H groups in total. The zero-order valence-corrected chi connectivity index (χ0v) is 15.7. The minimum Gasteiger partial charge on any atom is -0.348 e. The summed E-state index contributed by atoms with van der Waals surface area (Å²) in [5.74, 6) is 0.0254. The summed E-state index contributed by atoms with van der Waals surface area (Å²) in [6, 6.07) is -0.457. The van der Waals surface area contributed by atoms with E-state index in [0.29, 0.717) is 38.1 Å². The van der Waals surface area contributed by atoms with Crippen LogP contribution in [0.5, 0.6) is 0 Å². The van der Waals surface area contributed by atoms with Gasteiger partial charge in [0.05, 0.1) is 5.54 Å². The molecule has 1 saturated carbocycles. The average Bonchev–Trinajstić information content (AvgIpc) is 2.85. The van der Waals surface area contributed by atoms with Crippen LogP contribution in [0.15, 0.2) is 0 Å². The molecule has 0 aromatic heterocycles. The Morgan fingerprint density at radius 1 is 1.28 bits per heavy atom. The second-order valence-corrected chi connectivity index (χ2v) is 7.49. The van der Waals surface area contributed by atoms with E-state index in [2.05, 4.69) is 17.6 Å². The molecular weight excluding hydrogens is 320 g/mol. The van der Waals surface area contributed by atoms with Crippen molar-refractivity contribution in [3.63, 3.8) is 0 Å². The Bertz CT molecular complexity index is 514. The molecule has 2 fully saturated rings. The van der Waals surface area contributed by atoms with Gasteiger partial charge in [-0.2, -0.15) is 0 Å². The van der Waals surface area contributed by atoms with Gasteiger partial charge in [0, 0.05) is 6.54 Å². The van der Waals surface area contributed by atoms with Crippen LogP contribution in [0.4, 0.5) is 4.79 Å². The van der Waals surface area contributed by atoms with Crippen LogP contribution in [0.3, 0.4) is 0 Å². The number of carbonyl (C=O) groups is 3. The van der Waals surface area contributed by atoms with E-state index in [1.165, 1.54) is 0 Å². The summed E-state index contributed by atoms with van der Waals surface area (Å²) >= 11 is 0. The molecule has 4 amide bonds. The van der Waals surface area contributed by atoms with Gasteiger partial charge in [0.15, 0.2) is 0 Å². The lowest BCUT2D eigenvalue weighted by Crippen LogP contribution is -2.56. The zero-order valence-electron chi connectivity index (χ0n) is 15.7. The predicted octanol–water partition coefficient (Wildman–Crippen LogP) is 1.51. The molecule has 7 nitrogen and oxygen atoms in total. The Kier molecular flexibility index (Phi) is 6.08. The number of hydrogen-bond acceptors (Lipinski definition) is 4. The van der Waals surface area contributed by atoms with Crippen LogP contribution >= 0.6 is 0 Å². The predicted molar refractivity (Wildman–Crippen MR) is 95.7 cm³/mol. The molecule has 0 radical (unpaired) electrons. The number of carbonyl (C=O) groups excluding carboxylic acids is 3. The highest BCUT2D eigenvalue weighted by molar-refractivity contribution is 6.09. The molecule has 0 unspecified atom stereocenters. The summed E-state index contributed by atoms with van der Waals surface area (Å²) in [5.41, 5.74) is 4.52. The van der Waals surface area contributed by atoms with Gasteiger partial charge in [0.2, 0.25) is 5.91 Å². The van der Waals surface area contributed by atoms with Crippen LogP contribution in [0.25, 0.3) is 0 Å². The Morgan fingerprint density at radius 3 is 2.36 bits per heavy atom. The molecule has 25 heavy (non-hydrogen) atoms. The van der Waals surface area contributed by atoms with Crippen LogP contribution in [0.1, 0.15) is 65.7 Å². The number of hydrogen-bond donors (Lipinski definition) is 3. The third-order valence-corrected chi connectivity index (χ3v) is 6.23. The minimum absolute atomic E-state index is 0.245. The van der Waals surface area contributed by atoms with Crippen molar-refractivity contribution in [1.29, 1.82) is 0 Å². The Hall–Kier alpha value is -1.63. The summed E-state index contributed by atoms with van der Waals surface area (Å²) in [6.45, 7) is 6.16. The van der Waals surface area contributed by atoms with E-state index in [4.69, 9.17) is 5.73 Å². The third kappa shape index (κ3) is 3.81. The maximum absolute atomic E-state index is 12.8. The van der Waals surface area contributed by atoms with E-state index in [1.54, 1.807) is 0 Å². The number of nitrogens with zero attached hydrogens (tertiary/aromatic N) is 1. The first-order valence-electron chi connectivity index (χ1n) is 9.50. The Balaban J connectivity index is 2.02. The maximum Gasteiger partial charge on any atom is 0.325 e. The Labute approximate surface area is 150 Å². The molecular formula is C18H32N4O3. The lowest BCUT2D eigenvalue weighted by atomic mass is 9.75. The number of nitrogens with one attached hydrogen (secondary N) is 2. The van der Waals surface area contributed by atoms with Gasteiger partial charge >= 0.3 is 6.03 Å². The molecule has 1 spiro atoms. The lowest BCUT2D eigenvalue weighted by Gasteiger charge is -2.34. The van der Waals surface area contributed by atoms with E-state index in [0.717, 1.165) is 24.2 Å². The number of urea groups is 1. The van der Waals surface area contributed by atoms with Gasteiger partial charge in [-0.1, -0.05) is 27.2 Å². The average molecular weight is 352 g/mol. The second-order valence-electron chi connectivity index (χ2n) is 7.49. The standard InChI is InChI=1S/C18H32N4O3/c1-4-13-7-9-18(10-8-13)15(24)22(16(25)21-18)11-14(23)20-17(5-2,6-3)12-19/h13H,4-12,19H2,1-3H3,(H,20,23)(H,21,25). The highest BCUT2D eigenvalue weighted by Gasteiger charge is 2.52. The molecule has 1 saturated heterocycles. The first kappa shape index (κ1) is 19.7. The molecule has 142 valence electrons. The normalized spacial score (nSPS) is 26.9. The van der Waals surface area contributed by atoms with Gasteiger partial charge in [0.1, 0.15) is 12.1 Å². The van der Waals surface area contributed by atoms with Crippen LogP contribution in [-0.4, -0.2) is 46.9 Å². The van der Waals surface area contributed by atoms with Crippen LogP contribution in [0.2, 0.25) is 0 Å². The van der Waals surface area contributed by atoms with Crippen LogP contribution < -0.4 is 16.4 Å². The Morgan fingerprint density at radius 2 is 1.88 bits per heavy atom. The molecule has 1 aliphatic carbocycles. The third-order valence-electron chi connectivity index (χ3n) is 6.23. The highest BCUT2D eigenvalue weighted by atomic mass is 16.2. The minimum atomic E-state index is -0.802. The van der Waals surface area contributed by atoms with E-state index in [1.807, 2.05) is 13.8 Å². The SMILES string of the molecule is CCC1CCC2(CC1)NC(=O)N(CC(=O)NC(CC)(CC)CN)C2=O. The smallest absolute Gasteiger partial charge is 0.325 e. The number of nitrogens with two attached hydrogens (primary N) is 1. The monoisotopic (exact) mass is 352 g/mol. The van der Waals surface area contributed by atoms with Gasteiger partial charge in [-0.05, 0) is 44.4 Å². The maximum atomic E-state index is 12.8. The van der Waals surface area contributed by atoms with E-state index >= 15 is 0 Å². The molecule has 0 aromatic carbocycles. The first-order chi connectivity index (χ1) is 11.8. The van der Waals surface area contributed by atoms with E-state index in [9.17, 15) is 14.4 Å². The summed E-state index contributed by atoms with van der Waals surface area (Å²) < 4.78 is 0. The summed E-state index contributed by atoms with van der Waals surface area (Å²) in [7, 11) is 0. The van der Waals surface area contributed by atoms with Crippen molar-refractivity contribution in [2.75, 3.05) is 13.1 Å².